The van der Waals surface area contributed by atoms with Crippen molar-refractivity contribution in [2.24, 2.45) is 5.92 Å². The minimum atomic E-state index is -0.576. The summed E-state index contributed by atoms with van der Waals surface area (Å²) in [4.78, 5) is 14.4. The molecule has 0 aromatic rings. The van der Waals surface area contributed by atoms with Crippen LogP contribution in [0.25, 0.3) is 0 Å². The van der Waals surface area contributed by atoms with Gasteiger partial charge in [0.1, 0.15) is 5.54 Å². The van der Waals surface area contributed by atoms with E-state index >= 15 is 0 Å². The molecule has 0 aromatic carbocycles. The van der Waals surface area contributed by atoms with E-state index in [4.69, 9.17) is 4.74 Å². The Bertz CT molecular complexity index is 271. The van der Waals surface area contributed by atoms with Crippen LogP contribution in [0.4, 0.5) is 0 Å². The Labute approximate surface area is 125 Å². The molecule has 0 radical (unpaired) electrons. The molecular formula is C16H34N2O2. The standard InChI is InChI=1S/C16H34N2O2/c1-7-11-17-16(5,15(19)20-6)10-12-18(9-3)13-14(4)8-2/h14,17H,7-13H2,1-6H3. The lowest BCUT2D eigenvalue weighted by molar-refractivity contribution is -0.148. The second-order valence-corrected chi connectivity index (χ2v) is 5.91. The van der Waals surface area contributed by atoms with Crippen LogP contribution in [0.1, 0.15) is 53.9 Å². The molecule has 0 aliphatic carbocycles. The van der Waals surface area contributed by atoms with E-state index in [1.807, 2.05) is 6.92 Å². The molecule has 0 spiro atoms. The summed E-state index contributed by atoms with van der Waals surface area (Å²) in [5.41, 5.74) is -0.576. The summed E-state index contributed by atoms with van der Waals surface area (Å²) in [6, 6.07) is 0. The van der Waals surface area contributed by atoms with Gasteiger partial charge in [-0.25, -0.2) is 0 Å². The molecule has 0 amide bonds. The normalized spacial score (nSPS) is 15.9. The second-order valence-electron chi connectivity index (χ2n) is 5.91. The molecule has 2 unspecified atom stereocenters. The molecule has 0 aromatic heterocycles. The lowest BCUT2D eigenvalue weighted by Crippen LogP contribution is -2.52. The molecule has 0 bridgehead atoms. The van der Waals surface area contributed by atoms with E-state index in [2.05, 4.69) is 37.9 Å². The Morgan fingerprint density at radius 3 is 2.45 bits per heavy atom. The average molecular weight is 286 g/mol. The lowest BCUT2D eigenvalue weighted by Gasteiger charge is -2.31. The van der Waals surface area contributed by atoms with Gasteiger partial charge in [0, 0.05) is 13.1 Å². The molecule has 120 valence electrons. The first-order valence-electron chi connectivity index (χ1n) is 7.99. The van der Waals surface area contributed by atoms with Gasteiger partial charge >= 0.3 is 5.97 Å². The van der Waals surface area contributed by atoms with E-state index in [9.17, 15) is 4.79 Å². The molecule has 0 saturated heterocycles. The maximum Gasteiger partial charge on any atom is 0.325 e. The Balaban J connectivity index is 4.52. The molecule has 0 rings (SSSR count). The molecule has 1 N–H and O–H groups in total. The first-order valence-corrected chi connectivity index (χ1v) is 7.99. The van der Waals surface area contributed by atoms with Crippen molar-refractivity contribution in [2.75, 3.05) is 33.3 Å². The number of hydrogen-bond acceptors (Lipinski definition) is 4. The summed E-state index contributed by atoms with van der Waals surface area (Å²) >= 11 is 0. The van der Waals surface area contributed by atoms with E-state index < -0.39 is 5.54 Å². The van der Waals surface area contributed by atoms with Crippen LogP contribution in [-0.2, 0) is 9.53 Å². The van der Waals surface area contributed by atoms with E-state index in [0.29, 0.717) is 5.92 Å². The smallest absolute Gasteiger partial charge is 0.325 e. The summed E-state index contributed by atoms with van der Waals surface area (Å²) in [7, 11) is 1.46. The van der Waals surface area contributed by atoms with Crippen molar-refractivity contribution in [2.45, 2.75) is 59.4 Å². The maximum atomic E-state index is 12.0. The summed E-state index contributed by atoms with van der Waals surface area (Å²) in [6.07, 6.45) is 2.99. The van der Waals surface area contributed by atoms with Crippen molar-refractivity contribution < 1.29 is 9.53 Å². The Morgan fingerprint density at radius 1 is 1.35 bits per heavy atom. The minimum absolute atomic E-state index is 0.162. The number of nitrogens with zero attached hydrogens (tertiary/aromatic N) is 1. The first-order chi connectivity index (χ1) is 9.43. The number of esters is 1. The van der Waals surface area contributed by atoms with Crippen molar-refractivity contribution in [1.82, 2.24) is 10.2 Å². The van der Waals surface area contributed by atoms with Gasteiger partial charge < -0.3 is 15.0 Å². The number of hydrogen-bond donors (Lipinski definition) is 1. The van der Waals surface area contributed by atoms with Gasteiger partial charge in [0.25, 0.3) is 0 Å². The number of carbonyl (C=O) groups excluding carboxylic acids is 1. The third kappa shape index (κ3) is 6.71. The highest BCUT2D eigenvalue weighted by atomic mass is 16.5. The van der Waals surface area contributed by atoms with Crippen LogP contribution in [0.3, 0.4) is 0 Å². The van der Waals surface area contributed by atoms with Crippen LogP contribution in [0, 0.1) is 5.92 Å². The minimum Gasteiger partial charge on any atom is -0.468 e. The molecule has 0 aliphatic rings. The highest BCUT2D eigenvalue weighted by Gasteiger charge is 2.33. The van der Waals surface area contributed by atoms with Gasteiger partial charge in [-0.15, -0.1) is 0 Å². The number of ether oxygens (including phenoxy) is 1. The Kier molecular flexibility index (Phi) is 9.86. The van der Waals surface area contributed by atoms with E-state index in [1.54, 1.807) is 0 Å². The number of rotatable bonds is 11. The van der Waals surface area contributed by atoms with Gasteiger partial charge in [-0.1, -0.05) is 34.1 Å². The third-order valence-corrected chi connectivity index (χ3v) is 4.04. The molecule has 20 heavy (non-hydrogen) atoms. The molecule has 0 saturated carbocycles. The fourth-order valence-corrected chi connectivity index (χ4v) is 2.22. The number of nitrogens with one attached hydrogen (secondary N) is 1. The van der Waals surface area contributed by atoms with Crippen LogP contribution < -0.4 is 5.32 Å². The predicted octanol–water partition coefficient (Wildman–Crippen LogP) is 2.68. The van der Waals surface area contributed by atoms with Gasteiger partial charge in [-0.05, 0) is 38.8 Å². The summed E-state index contributed by atoms with van der Waals surface area (Å²) < 4.78 is 4.96. The quantitative estimate of drug-likeness (QED) is 0.593. The zero-order valence-corrected chi connectivity index (χ0v) is 14.3. The van der Waals surface area contributed by atoms with Gasteiger partial charge in [-0.3, -0.25) is 4.79 Å². The summed E-state index contributed by atoms with van der Waals surface area (Å²) in [5, 5.41) is 3.34. The van der Waals surface area contributed by atoms with E-state index in [0.717, 1.165) is 39.0 Å². The fourth-order valence-electron chi connectivity index (χ4n) is 2.22. The van der Waals surface area contributed by atoms with Gasteiger partial charge in [0.2, 0.25) is 0 Å². The number of methoxy groups -OCH3 is 1. The highest BCUT2D eigenvalue weighted by molar-refractivity contribution is 5.80. The first kappa shape index (κ1) is 19.4. The highest BCUT2D eigenvalue weighted by Crippen LogP contribution is 2.14. The van der Waals surface area contributed by atoms with Gasteiger partial charge in [-0.2, -0.15) is 0 Å². The molecule has 4 heteroatoms. The topological polar surface area (TPSA) is 41.6 Å². The average Bonchev–Trinajstić information content (AvgIpc) is 2.47. The fraction of sp³-hybridized carbons (Fsp3) is 0.938. The summed E-state index contributed by atoms with van der Waals surface area (Å²) in [5.74, 6) is 0.536. The monoisotopic (exact) mass is 286 g/mol. The van der Waals surface area contributed by atoms with Crippen molar-refractivity contribution >= 4 is 5.97 Å². The largest absolute Gasteiger partial charge is 0.468 e. The van der Waals surface area contributed by atoms with Crippen LogP contribution >= 0.6 is 0 Å². The van der Waals surface area contributed by atoms with Gasteiger partial charge in [0.15, 0.2) is 0 Å². The maximum absolute atomic E-state index is 12.0. The molecule has 0 aliphatic heterocycles. The molecular weight excluding hydrogens is 252 g/mol. The van der Waals surface area contributed by atoms with Crippen molar-refractivity contribution in [3.63, 3.8) is 0 Å². The molecule has 4 nitrogen and oxygen atoms in total. The van der Waals surface area contributed by atoms with Gasteiger partial charge in [0.05, 0.1) is 7.11 Å². The van der Waals surface area contributed by atoms with Crippen LogP contribution in [0.2, 0.25) is 0 Å². The van der Waals surface area contributed by atoms with Crippen molar-refractivity contribution in [3.05, 3.63) is 0 Å². The van der Waals surface area contributed by atoms with Crippen molar-refractivity contribution in [1.29, 1.82) is 0 Å². The SMILES string of the molecule is CCCNC(C)(CCN(CC)CC(C)CC)C(=O)OC. The second kappa shape index (κ2) is 10.2. The molecule has 2 atom stereocenters. The zero-order valence-electron chi connectivity index (χ0n) is 14.3. The summed E-state index contributed by atoms with van der Waals surface area (Å²) in [6.45, 7) is 14.6. The molecule has 0 heterocycles. The third-order valence-electron chi connectivity index (χ3n) is 4.04. The zero-order chi connectivity index (χ0) is 15.6. The predicted molar refractivity (Wildman–Crippen MR) is 84.9 cm³/mol. The van der Waals surface area contributed by atoms with E-state index in [1.165, 1.54) is 13.5 Å². The Morgan fingerprint density at radius 2 is 2.00 bits per heavy atom. The van der Waals surface area contributed by atoms with Crippen LogP contribution in [0.5, 0.6) is 0 Å². The lowest BCUT2D eigenvalue weighted by atomic mass is 9.96. The van der Waals surface area contributed by atoms with E-state index in [-0.39, 0.29) is 5.97 Å². The molecule has 0 fully saturated rings. The van der Waals surface area contributed by atoms with Crippen molar-refractivity contribution in [3.8, 4) is 0 Å². The number of carbonyl (C=O) groups is 1. The van der Waals surface area contributed by atoms with Crippen LogP contribution in [-0.4, -0.2) is 49.7 Å². The van der Waals surface area contributed by atoms with Crippen LogP contribution in [0.15, 0.2) is 0 Å². The Hall–Kier alpha value is -0.610.